The van der Waals surface area contributed by atoms with Gasteiger partial charge in [0, 0.05) is 16.6 Å². The minimum absolute atomic E-state index is 0.0546. The maximum atomic E-state index is 9.42. The number of hydrogen-bond donors (Lipinski definition) is 3. The Morgan fingerprint density at radius 1 is 1.08 bits per heavy atom. The van der Waals surface area contributed by atoms with Gasteiger partial charge in [0.25, 0.3) is 0 Å². The van der Waals surface area contributed by atoms with Crippen LogP contribution in [0.15, 0.2) is 54.7 Å². The number of aromatic hydroxyl groups is 1. The first-order valence-electron chi connectivity index (χ1n) is 7.97. The zero-order valence-electron chi connectivity index (χ0n) is 14.1. The van der Waals surface area contributed by atoms with Gasteiger partial charge in [-0.2, -0.15) is 4.98 Å². The van der Waals surface area contributed by atoms with E-state index < -0.39 is 0 Å². The van der Waals surface area contributed by atoms with Gasteiger partial charge in [-0.3, -0.25) is 0 Å². The van der Waals surface area contributed by atoms with Gasteiger partial charge in [0.15, 0.2) is 0 Å². The molecule has 0 fully saturated rings. The summed E-state index contributed by atoms with van der Waals surface area (Å²) in [5.41, 5.74) is 8.20. The van der Waals surface area contributed by atoms with E-state index in [1.165, 1.54) is 0 Å². The summed E-state index contributed by atoms with van der Waals surface area (Å²) in [5.74, 6) is 7.08. The molecule has 26 heavy (non-hydrogen) atoms. The van der Waals surface area contributed by atoms with Crippen LogP contribution in [0.5, 0.6) is 5.75 Å². The van der Waals surface area contributed by atoms with Crippen LogP contribution in [0.1, 0.15) is 29.7 Å². The predicted molar refractivity (Wildman–Crippen MR) is 104 cm³/mol. The number of nitrogens with one attached hydrogen (secondary N) is 1. The lowest BCUT2D eigenvalue weighted by Gasteiger charge is -2.16. The topological polar surface area (TPSA) is 84.1 Å². The van der Waals surface area contributed by atoms with Crippen molar-refractivity contribution in [3.63, 3.8) is 0 Å². The number of benzene rings is 2. The largest absolute Gasteiger partial charge is 0.508 e. The summed E-state index contributed by atoms with van der Waals surface area (Å²) < 4.78 is 0. The molecule has 1 heterocycles. The summed E-state index contributed by atoms with van der Waals surface area (Å²) in [6.07, 6.45) is 1.59. The average Bonchev–Trinajstić information content (AvgIpc) is 2.63. The Morgan fingerprint density at radius 2 is 1.77 bits per heavy atom. The molecule has 1 aromatic heterocycles. The first-order chi connectivity index (χ1) is 12.5. The number of aromatic nitrogens is 2. The fourth-order valence-corrected chi connectivity index (χ4v) is 2.45. The summed E-state index contributed by atoms with van der Waals surface area (Å²) in [7, 11) is 0. The molecule has 4 N–H and O–H groups in total. The van der Waals surface area contributed by atoms with E-state index in [0.29, 0.717) is 16.4 Å². The molecule has 0 saturated heterocycles. The number of anilines is 2. The highest BCUT2D eigenvalue weighted by Gasteiger charge is 2.10. The fourth-order valence-electron chi connectivity index (χ4n) is 2.32. The Morgan fingerprint density at radius 3 is 2.46 bits per heavy atom. The van der Waals surface area contributed by atoms with Crippen molar-refractivity contribution >= 4 is 23.4 Å². The number of phenols is 1. The highest BCUT2D eigenvalue weighted by molar-refractivity contribution is 6.30. The maximum absolute atomic E-state index is 9.42. The normalized spacial score (nSPS) is 11.3. The van der Waals surface area contributed by atoms with Gasteiger partial charge < -0.3 is 16.2 Å². The molecule has 1 atom stereocenters. The van der Waals surface area contributed by atoms with Gasteiger partial charge >= 0.3 is 0 Å². The summed E-state index contributed by atoms with van der Waals surface area (Å²) in [5, 5.41) is 13.4. The van der Waals surface area contributed by atoms with Crippen LogP contribution in [0.4, 0.5) is 11.8 Å². The molecule has 0 bridgehead atoms. The third-order valence-electron chi connectivity index (χ3n) is 3.74. The average molecular weight is 365 g/mol. The molecule has 0 aliphatic carbocycles. The Labute approximate surface area is 156 Å². The molecule has 0 saturated carbocycles. The third kappa shape index (κ3) is 4.44. The van der Waals surface area contributed by atoms with E-state index in [1.54, 1.807) is 30.5 Å². The Bertz CT molecular complexity index is 960. The fraction of sp³-hybridized carbons (Fsp3) is 0.100. The summed E-state index contributed by atoms with van der Waals surface area (Å²) in [4.78, 5) is 8.29. The van der Waals surface area contributed by atoms with Crippen LogP contribution in [-0.4, -0.2) is 15.1 Å². The minimum atomic E-state index is -0.0546. The van der Waals surface area contributed by atoms with Crippen molar-refractivity contribution in [2.24, 2.45) is 0 Å². The van der Waals surface area contributed by atoms with Gasteiger partial charge in [-0.25, -0.2) is 4.98 Å². The maximum Gasteiger partial charge on any atom is 0.222 e. The second kappa shape index (κ2) is 7.77. The molecule has 0 spiro atoms. The van der Waals surface area contributed by atoms with Crippen LogP contribution in [0.3, 0.4) is 0 Å². The lowest BCUT2D eigenvalue weighted by molar-refractivity contribution is 0.475. The number of rotatable bonds is 3. The molecular weight excluding hydrogens is 348 g/mol. The van der Waals surface area contributed by atoms with E-state index in [0.717, 1.165) is 11.1 Å². The van der Waals surface area contributed by atoms with Gasteiger partial charge in [0.05, 0.1) is 11.8 Å². The zero-order valence-corrected chi connectivity index (χ0v) is 14.8. The van der Waals surface area contributed by atoms with Crippen molar-refractivity contribution in [2.45, 2.75) is 13.0 Å². The van der Waals surface area contributed by atoms with Crippen molar-refractivity contribution in [2.75, 3.05) is 11.1 Å². The van der Waals surface area contributed by atoms with Crippen molar-refractivity contribution < 1.29 is 5.11 Å². The molecule has 3 rings (SSSR count). The Balaban J connectivity index is 1.86. The van der Waals surface area contributed by atoms with E-state index in [2.05, 4.69) is 27.1 Å². The molecule has 0 radical (unpaired) electrons. The molecule has 3 aromatic rings. The van der Waals surface area contributed by atoms with Crippen molar-refractivity contribution in [1.82, 2.24) is 9.97 Å². The number of nitrogen functional groups attached to an aromatic ring is 1. The zero-order chi connectivity index (χ0) is 18.5. The first kappa shape index (κ1) is 17.6. The van der Waals surface area contributed by atoms with E-state index in [-0.39, 0.29) is 17.7 Å². The second-order valence-electron chi connectivity index (χ2n) is 5.70. The third-order valence-corrected chi connectivity index (χ3v) is 3.99. The molecule has 0 aliphatic rings. The van der Waals surface area contributed by atoms with Gasteiger partial charge in [0.1, 0.15) is 11.6 Å². The van der Waals surface area contributed by atoms with E-state index in [9.17, 15) is 5.11 Å². The molecule has 5 nitrogen and oxygen atoms in total. The number of nitrogens with two attached hydrogens (primary N) is 1. The predicted octanol–water partition coefficient (Wildman–Crippen LogP) is 3.99. The summed E-state index contributed by atoms with van der Waals surface area (Å²) in [6.45, 7) is 1.99. The monoisotopic (exact) mass is 364 g/mol. The van der Waals surface area contributed by atoms with Crippen LogP contribution in [0, 0.1) is 11.8 Å². The highest BCUT2D eigenvalue weighted by atomic mass is 35.5. The van der Waals surface area contributed by atoms with Crippen LogP contribution in [0.25, 0.3) is 0 Å². The number of hydrogen-bond acceptors (Lipinski definition) is 5. The van der Waals surface area contributed by atoms with Gasteiger partial charge in [-0.15, -0.1) is 0 Å². The molecule has 130 valence electrons. The Kier molecular flexibility index (Phi) is 5.26. The second-order valence-corrected chi connectivity index (χ2v) is 6.14. The minimum Gasteiger partial charge on any atom is -0.508 e. The van der Waals surface area contributed by atoms with E-state index in [1.807, 2.05) is 31.2 Å². The molecular formula is C20H17ClN4O. The van der Waals surface area contributed by atoms with E-state index in [4.69, 9.17) is 17.3 Å². The lowest BCUT2D eigenvalue weighted by Crippen LogP contribution is -2.11. The van der Waals surface area contributed by atoms with Crippen LogP contribution < -0.4 is 11.1 Å². The molecule has 6 heteroatoms. The first-order valence-corrected chi connectivity index (χ1v) is 8.34. The van der Waals surface area contributed by atoms with Crippen molar-refractivity contribution in [1.29, 1.82) is 0 Å². The Hall–Kier alpha value is -3.23. The SMILES string of the molecule is CC(Nc1nc(N)ncc1C#Cc1ccc(Cl)cc1)c1ccc(O)cc1. The van der Waals surface area contributed by atoms with Gasteiger partial charge in [0.2, 0.25) is 5.95 Å². The number of nitrogens with zero attached hydrogens (tertiary/aromatic N) is 2. The lowest BCUT2D eigenvalue weighted by atomic mass is 10.1. The van der Waals surface area contributed by atoms with Crippen LogP contribution in [-0.2, 0) is 0 Å². The molecule has 0 aliphatic heterocycles. The standard InChI is InChI=1S/C20H17ClN4O/c1-13(15-6-10-18(26)11-7-15)24-19-16(12-23-20(22)25-19)5-2-14-3-8-17(21)9-4-14/h3-4,6-13,26H,1H3,(H3,22,23,24,25). The molecule has 0 amide bonds. The quantitative estimate of drug-likeness (QED) is 0.612. The summed E-state index contributed by atoms with van der Waals surface area (Å²) >= 11 is 5.89. The van der Waals surface area contributed by atoms with Crippen molar-refractivity contribution in [3.8, 4) is 17.6 Å². The number of phenolic OH excluding ortho intramolecular Hbond substituents is 1. The highest BCUT2D eigenvalue weighted by Crippen LogP contribution is 2.22. The number of halogens is 1. The molecule has 2 aromatic carbocycles. The van der Waals surface area contributed by atoms with Gasteiger partial charge in [-0.05, 0) is 48.9 Å². The van der Waals surface area contributed by atoms with Crippen LogP contribution >= 0.6 is 11.6 Å². The van der Waals surface area contributed by atoms with Crippen LogP contribution in [0.2, 0.25) is 5.02 Å². The van der Waals surface area contributed by atoms with Gasteiger partial charge in [-0.1, -0.05) is 35.6 Å². The summed E-state index contributed by atoms with van der Waals surface area (Å²) in [6, 6.07) is 14.2. The molecule has 1 unspecified atom stereocenters. The van der Waals surface area contributed by atoms with Crippen molar-refractivity contribution in [3.05, 3.63) is 76.4 Å². The smallest absolute Gasteiger partial charge is 0.222 e. The van der Waals surface area contributed by atoms with E-state index >= 15 is 0 Å².